The Bertz CT molecular complexity index is 314. The summed E-state index contributed by atoms with van der Waals surface area (Å²) in [5, 5.41) is 9.08. The molecule has 0 heterocycles. The van der Waals surface area contributed by atoms with E-state index in [1.165, 1.54) is 5.57 Å². The molecule has 2 nitrogen and oxygen atoms in total. The van der Waals surface area contributed by atoms with Gasteiger partial charge < -0.3 is 5.11 Å². The lowest BCUT2D eigenvalue weighted by molar-refractivity contribution is -0.152. The molecule has 4 atom stereocenters. The minimum absolute atomic E-state index is 0.176. The number of hydrogen-bond donors (Lipinski definition) is 1. The van der Waals surface area contributed by atoms with Crippen LogP contribution in [0.3, 0.4) is 0 Å². The fraction of sp³-hybridized carbons (Fsp3) is 0.583. The van der Waals surface area contributed by atoms with Crippen molar-refractivity contribution in [1.82, 2.24) is 0 Å². The third-order valence-corrected chi connectivity index (χ3v) is 3.68. The van der Waals surface area contributed by atoms with Crippen LogP contribution < -0.4 is 0 Å². The number of fused-ring (bicyclic) bond motifs is 1. The van der Waals surface area contributed by atoms with E-state index in [9.17, 15) is 4.79 Å². The first-order chi connectivity index (χ1) is 6.65. The second-order valence-electron chi connectivity index (χ2n) is 4.33. The van der Waals surface area contributed by atoms with E-state index in [1.54, 1.807) is 0 Å². The van der Waals surface area contributed by atoms with Crippen molar-refractivity contribution in [2.45, 2.75) is 20.3 Å². The average molecular weight is 192 g/mol. The first-order valence-electron chi connectivity index (χ1n) is 5.27. The zero-order valence-corrected chi connectivity index (χ0v) is 8.60. The van der Waals surface area contributed by atoms with Gasteiger partial charge in [-0.25, -0.2) is 0 Å². The average Bonchev–Trinajstić information content (AvgIpc) is 2.44. The monoisotopic (exact) mass is 192 g/mol. The quantitative estimate of drug-likeness (QED) is 0.729. The predicted octanol–water partition coefficient (Wildman–Crippen LogP) is 2.48. The molecule has 14 heavy (non-hydrogen) atoms. The van der Waals surface area contributed by atoms with Crippen molar-refractivity contribution in [3.05, 3.63) is 23.8 Å². The van der Waals surface area contributed by atoms with Crippen LogP contribution in [-0.2, 0) is 4.79 Å². The summed E-state index contributed by atoms with van der Waals surface area (Å²) in [6.45, 7) is 4.26. The van der Waals surface area contributed by atoms with Gasteiger partial charge in [-0.15, -0.1) is 0 Å². The van der Waals surface area contributed by atoms with Gasteiger partial charge in [0.15, 0.2) is 0 Å². The molecule has 2 bridgehead atoms. The van der Waals surface area contributed by atoms with Crippen LogP contribution in [0.15, 0.2) is 23.8 Å². The van der Waals surface area contributed by atoms with Crippen molar-refractivity contribution >= 4 is 5.97 Å². The van der Waals surface area contributed by atoms with E-state index in [2.05, 4.69) is 32.1 Å². The summed E-state index contributed by atoms with van der Waals surface area (Å²) in [6, 6.07) is 0. The van der Waals surface area contributed by atoms with Gasteiger partial charge in [-0.1, -0.05) is 37.6 Å². The Morgan fingerprint density at radius 3 is 2.79 bits per heavy atom. The Kier molecular flexibility index (Phi) is 2.22. The Morgan fingerprint density at radius 2 is 2.21 bits per heavy atom. The van der Waals surface area contributed by atoms with Gasteiger partial charge in [-0.05, 0) is 24.2 Å². The van der Waals surface area contributed by atoms with E-state index in [0.717, 1.165) is 6.42 Å². The van der Waals surface area contributed by atoms with Crippen molar-refractivity contribution in [3.8, 4) is 0 Å². The molecule has 0 aromatic rings. The molecule has 76 valence electrons. The Labute approximate surface area is 84.3 Å². The maximum Gasteiger partial charge on any atom is 0.307 e. The molecule has 0 saturated heterocycles. The van der Waals surface area contributed by atoms with Gasteiger partial charge in [0.25, 0.3) is 0 Å². The lowest BCUT2D eigenvalue weighted by Crippen LogP contribution is -2.47. The minimum atomic E-state index is -0.642. The number of aliphatic carboxylic acids is 1. The van der Waals surface area contributed by atoms with Gasteiger partial charge in [0.1, 0.15) is 0 Å². The number of allylic oxidation sites excluding steroid dienone is 4. The molecule has 3 aliphatic rings. The smallest absolute Gasteiger partial charge is 0.307 e. The predicted molar refractivity (Wildman–Crippen MR) is 54.8 cm³/mol. The summed E-state index contributed by atoms with van der Waals surface area (Å²) in [5.41, 5.74) is 1.29. The molecule has 0 spiro atoms. The summed E-state index contributed by atoms with van der Waals surface area (Å²) in [6.07, 6.45) is 7.34. The fourth-order valence-electron chi connectivity index (χ4n) is 2.67. The molecule has 0 aromatic carbocycles. The Balaban J connectivity index is 2.28. The van der Waals surface area contributed by atoms with Crippen molar-refractivity contribution in [2.75, 3.05) is 0 Å². The zero-order chi connectivity index (χ0) is 10.3. The first kappa shape index (κ1) is 9.50. The summed E-state index contributed by atoms with van der Waals surface area (Å²) in [4.78, 5) is 11.0. The van der Waals surface area contributed by atoms with E-state index in [0.29, 0.717) is 5.92 Å². The van der Waals surface area contributed by atoms with Crippen LogP contribution >= 0.6 is 0 Å². The standard InChI is InChI=1S/C12H16O2/c1-3-8-4-5-9-7(2)10(6-8)11(9)12(13)14/h4-7,9-11H,3H2,1-2H3,(H,13,14). The Morgan fingerprint density at radius 1 is 1.50 bits per heavy atom. The highest BCUT2D eigenvalue weighted by molar-refractivity contribution is 5.73. The van der Waals surface area contributed by atoms with Crippen LogP contribution in [0, 0.1) is 23.7 Å². The fourth-order valence-corrected chi connectivity index (χ4v) is 2.67. The SMILES string of the molecule is CCC1=CC2C(C)C(C=C1)C2C(=O)O. The number of carboxylic acid groups (broad SMARTS) is 1. The molecular weight excluding hydrogens is 176 g/mol. The number of hydrogen-bond acceptors (Lipinski definition) is 1. The number of rotatable bonds is 2. The molecule has 1 N–H and O–H groups in total. The van der Waals surface area contributed by atoms with E-state index >= 15 is 0 Å². The van der Waals surface area contributed by atoms with Gasteiger partial charge in [-0.2, -0.15) is 0 Å². The normalized spacial score (nSPS) is 39.7. The van der Waals surface area contributed by atoms with E-state index in [-0.39, 0.29) is 17.8 Å². The van der Waals surface area contributed by atoms with Crippen LogP contribution in [-0.4, -0.2) is 11.1 Å². The largest absolute Gasteiger partial charge is 0.481 e. The number of carbonyl (C=O) groups is 1. The van der Waals surface area contributed by atoms with Crippen LogP contribution in [0.25, 0.3) is 0 Å². The minimum Gasteiger partial charge on any atom is -0.481 e. The molecule has 0 aliphatic heterocycles. The molecule has 0 aromatic heterocycles. The molecule has 0 amide bonds. The molecule has 4 unspecified atom stereocenters. The van der Waals surface area contributed by atoms with Gasteiger partial charge in [-0.3, -0.25) is 4.79 Å². The molecule has 1 saturated carbocycles. The van der Waals surface area contributed by atoms with Gasteiger partial charge in [0, 0.05) is 0 Å². The van der Waals surface area contributed by atoms with E-state index < -0.39 is 5.97 Å². The van der Waals surface area contributed by atoms with Crippen molar-refractivity contribution < 1.29 is 9.90 Å². The third kappa shape index (κ3) is 1.21. The highest BCUT2D eigenvalue weighted by Gasteiger charge is 2.50. The highest BCUT2D eigenvalue weighted by atomic mass is 16.4. The van der Waals surface area contributed by atoms with Crippen LogP contribution in [0.4, 0.5) is 0 Å². The summed E-state index contributed by atoms with van der Waals surface area (Å²) >= 11 is 0. The van der Waals surface area contributed by atoms with Crippen LogP contribution in [0.5, 0.6) is 0 Å². The van der Waals surface area contributed by atoms with Crippen LogP contribution in [0.1, 0.15) is 20.3 Å². The molecular formula is C12H16O2. The summed E-state index contributed by atoms with van der Waals surface area (Å²) in [5.74, 6) is 0.179. The summed E-state index contributed by atoms with van der Waals surface area (Å²) < 4.78 is 0. The maximum absolute atomic E-state index is 11.0. The lowest BCUT2D eigenvalue weighted by Gasteiger charge is -2.45. The van der Waals surface area contributed by atoms with Gasteiger partial charge in [0.2, 0.25) is 0 Å². The first-order valence-corrected chi connectivity index (χ1v) is 5.27. The summed E-state index contributed by atoms with van der Waals surface area (Å²) in [7, 11) is 0. The van der Waals surface area contributed by atoms with E-state index in [4.69, 9.17) is 5.11 Å². The molecule has 0 radical (unpaired) electrons. The van der Waals surface area contributed by atoms with Crippen molar-refractivity contribution in [2.24, 2.45) is 23.7 Å². The van der Waals surface area contributed by atoms with Crippen molar-refractivity contribution in [3.63, 3.8) is 0 Å². The molecule has 3 aliphatic carbocycles. The second-order valence-corrected chi connectivity index (χ2v) is 4.33. The second kappa shape index (κ2) is 3.26. The van der Waals surface area contributed by atoms with Crippen molar-refractivity contribution in [1.29, 1.82) is 0 Å². The highest BCUT2D eigenvalue weighted by Crippen LogP contribution is 2.50. The third-order valence-electron chi connectivity index (χ3n) is 3.68. The van der Waals surface area contributed by atoms with E-state index in [1.807, 2.05) is 0 Å². The Hall–Kier alpha value is -1.05. The zero-order valence-electron chi connectivity index (χ0n) is 8.60. The van der Waals surface area contributed by atoms with Gasteiger partial charge in [0.05, 0.1) is 5.92 Å². The molecule has 2 heteroatoms. The molecule has 1 fully saturated rings. The van der Waals surface area contributed by atoms with Gasteiger partial charge >= 0.3 is 5.97 Å². The lowest BCUT2D eigenvalue weighted by atomic mass is 9.58. The topological polar surface area (TPSA) is 37.3 Å². The van der Waals surface area contributed by atoms with Crippen LogP contribution in [0.2, 0.25) is 0 Å². The molecule has 3 rings (SSSR count). The maximum atomic E-state index is 11.0. The number of carboxylic acids is 1.